The number of pyridine rings is 1. The van der Waals surface area contributed by atoms with Crippen LogP contribution in [0.15, 0.2) is 41.3 Å². The molecule has 0 bridgehead atoms. The highest BCUT2D eigenvalue weighted by Crippen LogP contribution is 2.18. The van der Waals surface area contributed by atoms with E-state index in [1.807, 2.05) is 0 Å². The number of rotatable bonds is 5. The molecule has 1 N–H and O–H groups in total. The lowest BCUT2D eigenvalue weighted by Crippen LogP contribution is -2.46. The minimum atomic E-state index is -4.45. The maximum Gasteiger partial charge on any atom is 0.422 e. The lowest BCUT2D eigenvalue weighted by atomic mass is 10.0. The summed E-state index contributed by atoms with van der Waals surface area (Å²) in [5.74, 6) is -0.702. The first kappa shape index (κ1) is 19.7. The summed E-state index contributed by atoms with van der Waals surface area (Å²) in [6.45, 7) is -0.448. The number of piperidine rings is 1. The Kier molecular flexibility index (Phi) is 5.86. The van der Waals surface area contributed by atoms with Gasteiger partial charge in [-0.2, -0.15) is 13.2 Å². The van der Waals surface area contributed by atoms with Gasteiger partial charge in [0.05, 0.1) is 17.4 Å². The largest absolute Gasteiger partial charge is 0.472 e. The predicted molar refractivity (Wildman–Crippen MR) is 90.9 cm³/mol. The number of alkyl halides is 3. The fourth-order valence-corrected chi connectivity index (χ4v) is 2.82. The number of nitrogens with zero attached hydrogens (tertiary/aromatic N) is 2. The van der Waals surface area contributed by atoms with E-state index in [-0.39, 0.29) is 29.3 Å². The zero-order valence-corrected chi connectivity index (χ0v) is 14.7. The smallest absolute Gasteiger partial charge is 0.422 e. The summed E-state index contributed by atoms with van der Waals surface area (Å²) >= 11 is 0. The van der Waals surface area contributed by atoms with Crippen LogP contribution >= 0.6 is 0 Å². The molecule has 10 heteroatoms. The molecule has 1 aliphatic rings. The normalized spacial score (nSPS) is 15.3. The summed E-state index contributed by atoms with van der Waals surface area (Å²) in [5.41, 5.74) is 0.706. The predicted octanol–water partition coefficient (Wildman–Crippen LogP) is 2.65. The van der Waals surface area contributed by atoms with Gasteiger partial charge in [-0.3, -0.25) is 9.59 Å². The number of halogens is 3. The second-order valence-electron chi connectivity index (χ2n) is 6.34. The number of hydrogen-bond acceptors (Lipinski definition) is 5. The van der Waals surface area contributed by atoms with E-state index in [0.717, 1.165) is 0 Å². The van der Waals surface area contributed by atoms with Crippen LogP contribution in [0.4, 0.5) is 13.2 Å². The van der Waals surface area contributed by atoms with Gasteiger partial charge in [0.25, 0.3) is 11.8 Å². The molecule has 3 heterocycles. The highest BCUT2D eigenvalue weighted by Gasteiger charge is 2.29. The van der Waals surface area contributed by atoms with E-state index < -0.39 is 12.8 Å². The zero-order chi connectivity index (χ0) is 20.1. The minimum absolute atomic E-state index is 0.109. The number of hydrogen-bond donors (Lipinski definition) is 1. The molecule has 3 rings (SSSR count). The Labute approximate surface area is 158 Å². The first-order chi connectivity index (χ1) is 13.3. The van der Waals surface area contributed by atoms with Gasteiger partial charge in [0.2, 0.25) is 5.88 Å². The molecule has 1 saturated heterocycles. The average Bonchev–Trinajstić information content (AvgIpc) is 3.21. The minimum Gasteiger partial charge on any atom is -0.472 e. The fraction of sp³-hybridized carbons (Fsp3) is 0.389. The number of likely N-dealkylation sites (tertiary alicyclic amines) is 1. The van der Waals surface area contributed by atoms with E-state index in [4.69, 9.17) is 4.42 Å². The second kappa shape index (κ2) is 8.32. The van der Waals surface area contributed by atoms with Gasteiger partial charge in [0.15, 0.2) is 6.61 Å². The molecule has 7 nitrogen and oxygen atoms in total. The molecule has 0 atom stereocenters. The van der Waals surface area contributed by atoms with Gasteiger partial charge >= 0.3 is 6.18 Å². The third-order valence-electron chi connectivity index (χ3n) is 4.27. The molecular weight excluding hydrogens is 379 g/mol. The summed E-state index contributed by atoms with van der Waals surface area (Å²) in [7, 11) is 0. The van der Waals surface area contributed by atoms with Gasteiger partial charge < -0.3 is 19.4 Å². The Morgan fingerprint density at radius 2 is 1.96 bits per heavy atom. The number of ether oxygens (including phenoxy) is 1. The van der Waals surface area contributed by atoms with Crippen LogP contribution in [0.25, 0.3) is 0 Å². The molecule has 0 aromatic carbocycles. The average molecular weight is 397 g/mol. The second-order valence-corrected chi connectivity index (χ2v) is 6.34. The monoisotopic (exact) mass is 397 g/mol. The maximum atomic E-state index is 12.3. The Bertz CT molecular complexity index is 798. The van der Waals surface area contributed by atoms with Gasteiger partial charge in [0.1, 0.15) is 6.26 Å². The van der Waals surface area contributed by atoms with Crippen molar-refractivity contribution in [1.29, 1.82) is 0 Å². The SMILES string of the molecule is O=C(NC1CCN(C(=O)c2ccoc2)CC1)c1ccc(OCC(F)(F)F)nc1. The quantitative estimate of drug-likeness (QED) is 0.839. The van der Waals surface area contributed by atoms with E-state index in [2.05, 4.69) is 15.0 Å². The lowest BCUT2D eigenvalue weighted by Gasteiger charge is -2.32. The Morgan fingerprint density at radius 1 is 1.21 bits per heavy atom. The molecular formula is C18H18F3N3O4. The topological polar surface area (TPSA) is 84.7 Å². The standard InChI is InChI=1S/C18H18F3N3O4/c19-18(20,21)11-28-15-2-1-12(9-22-15)16(25)23-14-3-6-24(7-4-14)17(26)13-5-8-27-10-13/h1-2,5,8-10,14H,3-4,6-7,11H2,(H,23,25). The van der Waals surface area contributed by atoms with Crippen molar-refractivity contribution in [2.75, 3.05) is 19.7 Å². The van der Waals surface area contributed by atoms with Crippen molar-refractivity contribution >= 4 is 11.8 Å². The lowest BCUT2D eigenvalue weighted by molar-refractivity contribution is -0.154. The molecule has 150 valence electrons. The molecule has 0 aliphatic carbocycles. The summed E-state index contributed by atoms with van der Waals surface area (Å²) < 4.78 is 45.8. The Balaban J connectivity index is 1.47. The molecule has 2 aromatic rings. The molecule has 1 aliphatic heterocycles. The van der Waals surface area contributed by atoms with Crippen molar-refractivity contribution in [3.8, 4) is 5.88 Å². The number of amides is 2. The highest BCUT2D eigenvalue weighted by molar-refractivity contribution is 5.94. The van der Waals surface area contributed by atoms with Gasteiger partial charge in [0, 0.05) is 31.4 Å². The number of nitrogens with one attached hydrogen (secondary N) is 1. The van der Waals surface area contributed by atoms with E-state index in [1.165, 1.54) is 30.9 Å². The Hall–Kier alpha value is -3.04. The van der Waals surface area contributed by atoms with Crippen molar-refractivity contribution in [2.24, 2.45) is 0 Å². The molecule has 1 fully saturated rings. The molecule has 2 aromatic heterocycles. The number of carbonyl (C=O) groups excluding carboxylic acids is 2. The van der Waals surface area contributed by atoms with E-state index in [1.54, 1.807) is 11.0 Å². The Morgan fingerprint density at radius 3 is 2.54 bits per heavy atom. The number of carbonyl (C=O) groups is 2. The maximum absolute atomic E-state index is 12.3. The van der Waals surface area contributed by atoms with Crippen molar-refractivity contribution in [2.45, 2.75) is 25.1 Å². The first-order valence-corrected chi connectivity index (χ1v) is 8.60. The molecule has 0 spiro atoms. The van der Waals surface area contributed by atoms with Crippen LogP contribution in [0.5, 0.6) is 5.88 Å². The van der Waals surface area contributed by atoms with Crippen LogP contribution in [-0.2, 0) is 0 Å². The van der Waals surface area contributed by atoms with Crippen molar-refractivity contribution < 1.29 is 31.9 Å². The first-order valence-electron chi connectivity index (χ1n) is 8.60. The van der Waals surface area contributed by atoms with Gasteiger partial charge in [-0.25, -0.2) is 4.98 Å². The number of aromatic nitrogens is 1. The summed E-state index contributed by atoms with van der Waals surface area (Å²) in [5, 5.41) is 2.85. The van der Waals surface area contributed by atoms with E-state index in [0.29, 0.717) is 31.5 Å². The van der Waals surface area contributed by atoms with Crippen LogP contribution < -0.4 is 10.1 Å². The van der Waals surface area contributed by atoms with Gasteiger partial charge in [-0.1, -0.05) is 0 Å². The van der Waals surface area contributed by atoms with Gasteiger partial charge in [-0.05, 0) is 25.0 Å². The summed E-state index contributed by atoms with van der Waals surface area (Å²) in [4.78, 5) is 29.9. The molecule has 2 amide bonds. The highest BCUT2D eigenvalue weighted by atomic mass is 19.4. The van der Waals surface area contributed by atoms with Crippen LogP contribution in [0, 0.1) is 0 Å². The molecule has 28 heavy (non-hydrogen) atoms. The van der Waals surface area contributed by atoms with Crippen LogP contribution in [0.1, 0.15) is 33.6 Å². The zero-order valence-electron chi connectivity index (χ0n) is 14.7. The summed E-state index contributed by atoms with van der Waals surface area (Å²) in [6.07, 6.45) is 0.730. The van der Waals surface area contributed by atoms with Crippen molar-refractivity contribution in [1.82, 2.24) is 15.2 Å². The van der Waals surface area contributed by atoms with E-state index in [9.17, 15) is 22.8 Å². The molecule has 0 unspecified atom stereocenters. The fourth-order valence-electron chi connectivity index (χ4n) is 2.82. The third-order valence-corrected chi connectivity index (χ3v) is 4.27. The molecule has 0 saturated carbocycles. The van der Waals surface area contributed by atoms with E-state index >= 15 is 0 Å². The van der Waals surface area contributed by atoms with Crippen molar-refractivity contribution in [3.05, 3.63) is 48.0 Å². The van der Waals surface area contributed by atoms with Crippen LogP contribution in [0.3, 0.4) is 0 Å². The summed E-state index contributed by atoms with van der Waals surface area (Å²) in [6, 6.07) is 4.06. The van der Waals surface area contributed by atoms with Gasteiger partial charge in [-0.15, -0.1) is 0 Å². The third kappa shape index (κ3) is 5.24. The molecule has 0 radical (unpaired) electrons. The van der Waals surface area contributed by atoms with Crippen LogP contribution in [0.2, 0.25) is 0 Å². The van der Waals surface area contributed by atoms with Crippen molar-refractivity contribution in [3.63, 3.8) is 0 Å². The van der Waals surface area contributed by atoms with Crippen LogP contribution in [-0.4, -0.2) is 53.6 Å². The number of furan rings is 1.